The lowest BCUT2D eigenvalue weighted by atomic mass is 9.99. The summed E-state index contributed by atoms with van der Waals surface area (Å²) in [7, 11) is 0. The van der Waals surface area contributed by atoms with Crippen LogP contribution in [0.3, 0.4) is 0 Å². The Labute approximate surface area is 267 Å². The molecule has 5 rings (SSSR count). The normalized spacial score (nSPS) is 10.7. The first-order valence-electron chi connectivity index (χ1n) is 13.5. The molecule has 5 aromatic rings. The Bertz CT molecular complexity index is 1930. The fraction of sp³-hybridized carbons (Fsp3) is 0.0938. The molecule has 0 unspecified atom stereocenters. The van der Waals surface area contributed by atoms with Crippen LogP contribution in [-0.2, 0) is 13.1 Å². The van der Waals surface area contributed by atoms with Gasteiger partial charge in [0, 0.05) is 35.4 Å². The summed E-state index contributed by atoms with van der Waals surface area (Å²) in [5, 5.41) is 13.3. The smallest absolute Gasteiger partial charge is 0.323 e. The highest BCUT2D eigenvalue weighted by Gasteiger charge is 2.15. The minimum atomic E-state index is -0.690. The number of hydrogen-bond donors (Lipinski definition) is 3. The molecule has 2 heterocycles. The van der Waals surface area contributed by atoms with Crippen LogP contribution in [0, 0.1) is 0 Å². The Kier molecular flexibility index (Phi) is 9.59. The summed E-state index contributed by atoms with van der Waals surface area (Å²) in [6.45, 7) is 2.40. The van der Waals surface area contributed by atoms with E-state index in [0.29, 0.717) is 28.4 Å². The number of urea groups is 1. The van der Waals surface area contributed by atoms with Crippen LogP contribution in [-0.4, -0.2) is 26.7 Å². The first-order chi connectivity index (χ1) is 21.2. The zero-order valence-corrected chi connectivity index (χ0v) is 25.5. The van der Waals surface area contributed by atoms with Gasteiger partial charge in [0.05, 0.1) is 11.4 Å². The van der Waals surface area contributed by atoms with Crippen molar-refractivity contribution in [3.05, 3.63) is 128 Å². The van der Waals surface area contributed by atoms with Gasteiger partial charge in [0.2, 0.25) is 0 Å². The Morgan fingerprint density at radius 1 is 0.818 bits per heavy atom. The quantitative estimate of drug-likeness (QED) is 0.151. The number of amides is 3. The molecule has 44 heavy (non-hydrogen) atoms. The number of halogens is 3. The molecule has 0 radical (unpaired) electrons. The average molecular weight is 648 g/mol. The van der Waals surface area contributed by atoms with Gasteiger partial charge in [0.1, 0.15) is 15.9 Å². The molecule has 2 aromatic heterocycles. The van der Waals surface area contributed by atoms with Crippen LogP contribution < -0.4 is 21.5 Å². The Morgan fingerprint density at radius 3 is 2.30 bits per heavy atom. The summed E-state index contributed by atoms with van der Waals surface area (Å²) in [6.07, 6.45) is 1.40. The van der Waals surface area contributed by atoms with E-state index in [1.54, 1.807) is 31.2 Å². The fourth-order valence-electron chi connectivity index (χ4n) is 4.41. The summed E-state index contributed by atoms with van der Waals surface area (Å²) in [4.78, 5) is 42.5. The van der Waals surface area contributed by atoms with Crippen molar-refractivity contribution in [2.75, 3.05) is 10.6 Å². The minimum absolute atomic E-state index is 0.0226. The molecule has 0 fully saturated rings. The van der Waals surface area contributed by atoms with Gasteiger partial charge in [-0.3, -0.25) is 9.59 Å². The molecular formula is C32H25Cl3N6O3. The molecule has 0 atom stereocenters. The Hall–Kier alpha value is -4.70. The summed E-state index contributed by atoms with van der Waals surface area (Å²) >= 11 is 18.1. The second-order valence-corrected chi connectivity index (χ2v) is 10.8. The standard InChI is InChI=1S/C32H25Cl3N6O3/c1-2-41-31(43)27(39-32(44)38-25-12-13-36-29(35)28(25)34)17-26(40-41)22-9-4-7-20(15-22)21-8-5-10-23(16-21)30(42)37-18-19-6-3-11-24(33)14-19/h3-17H,2,18H2,1H3,(H,37,42)(H2,36,38,39,44). The number of aromatic nitrogens is 3. The van der Waals surface area contributed by atoms with Gasteiger partial charge in [-0.2, -0.15) is 5.10 Å². The van der Waals surface area contributed by atoms with Crippen LogP contribution in [0.25, 0.3) is 22.4 Å². The monoisotopic (exact) mass is 646 g/mol. The van der Waals surface area contributed by atoms with Gasteiger partial charge >= 0.3 is 6.03 Å². The molecule has 0 aliphatic carbocycles. The highest BCUT2D eigenvalue weighted by molar-refractivity contribution is 6.43. The first-order valence-corrected chi connectivity index (χ1v) is 14.6. The summed E-state index contributed by atoms with van der Waals surface area (Å²) < 4.78 is 1.26. The van der Waals surface area contributed by atoms with Gasteiger partial charge in [-0.05, 0) is 66.1 Å². The number of rotatable bonds is 8. The number of aryl methyl sites for hydroxylation is 1. The van der Waals surface area contributed by atoms with Crippen molar-refractivity contribution in [2.45, 2.75) is 20.0 Å². The van der Waals surface area contributed by atoms with Crippen molar-refractivity contribution < 1.29 is 9.59 Å². The van der Waals surface area contributed by atoms with Crippen LogP contribution in [0.5, 0.6) is 0 Å². The molecule has 9 nitrogen and oxygen atoms in total. The van der Waals surface area contributed by atoms with Gasteiger partial charge in [0.15, 0.2) is 0 Å². The van der Waals surface area contributed by atoms with E-state index in [1.807, 2.05) is 48.5 Å². The van der Waals surface area contributed by atoms with Gasteiger partial charge in [-0.1, -0.05) is 77.3 Å². The number of benzene rings is 3. The van der Waals surface area contributed by atoms with E-state index < -0.39 is 11.6 Å². The molecule has 0 aliphatic rings. The molecule has 3 N–H and O–H groups in total. The van der Waals surface area contributed by atoms with Gasteiger partial charge in [-0.15, -0.1) is 0 Å². The molecule has 0 aliphatic heterocycles. The van der Waals surface area contributed by atoms with Gasteiger partial charge < -0.3 is 16.0 Å². The van der Waals surface area contributed by atoms with Crippen molar-refractivity contribution >= 4 is 58.1 Å². The molecule has 0 saturated carbocycles. The van der Waals surface area contributed by atoms with Crippen molar-refractivity contribution in [2.24, 2.45) is 0 Å². The molecule has 3 amide bonds. The third kappa shape index (κ3) is 7.26. The third-order valence-electron chi connectivity index (χ3n) is 6.58. The second kappa shape index (κ2) is 13.7. The van der Waals surface area contributed by atoms with E-state index in [9.17, 15) is 14.4 Å². The fourth-order valence-corrected chi connectivity index (χ4v) is 4.94. The second-order valence-electron chi connectivity index (χ2n) is 9.58. The van der Waals surface area contributed by atoms with Crippen LogP contribution in [0.2, 0.25) is 15.2 Å². The van der Waals surface area contributed by atoms with Crippen molar-refractivity contribution in [3.63, 3.8) is 0 Å². The lowest BCUT2D eigenvalue weighted by molar-refractivity contribution is 0.0951. The predicted molar refractivity (Wildman–Crippen MR) is 175 cm³/mol. The van der Waals surface area contributed by atoms with Crippen LogP contribution in [0.4, 0.5) is 16.2 Å². The predicted octanol–water partition coefficient (Wildman–Crippen LogP) is 7.53. The van der Waals surface area contributed by atoms with E-state index in [4.69, 9.17) is 34.8 Å². The molecule has 222 valence electrons. The highest BCUT2D eigenvalue weighted by atomic mass is 35.5. The topological polar surface area (TPSA) is 118 Å². The van der Waals surface area contributed by atoms with E-state index >= 15 is 0 Å². The molecule has 12 heteroatoms. The summed E-state index contributed by atoms with van der Waals surface area (Å²) in [5.74, 6) is -0.219. The molecule has 3 aromatic carbocycles. The Balaban J connectivity index is 1.38. The van der Waals surface area contributed by atoms with Crippen LogP contribution in [0.15, 0.2) is 95.9 Å². The zero-order valence-electron chi connectivity index (χ0n) is 23.3. The maximum absolute atomic E-state index is 13.0. The molecule has 0 bridgehead atoms. The first kappa shape index (κ1) is 30.7. The third-order valence-corrected chi connectivity index (χ3v) is 7.58. The van der Waals surface area contributed by atoms with E-state index in [0.717, 1.165) is 16.7 Å². The molecular weight excluding hydrogens is 623 g/mol. The van der Waals surface area contributed by atoms with Crippen LogP contribution >= 0.6 is 34.8 Å². The van der Waals surface area contributed by atoms with E-state index in [-0.39, 0.29) is 34.0 Å². The number of anilines is 2. The lowest BCUT2D eigenvalue weighted by Crippen LogP contribution is -2.29. The van der Waals surface area contributed by atoms with E-state index in [1.165, 1.54) is 23.0 Å². The number of carbonyl (C=O) groups is 2. The molecule has 0 spiro atoms. The van der Waals surface area contributed by atoms with Crippen molar-refractivity contribution in [1.29, 1.82) is 0 Å². The number of nitrogens with zero attached hydrogens (tertiary/aromatic N) is 3. The maximum Gasteiger partial charge on any atom is 0.323 e. The number of hydrogen-bond acceptors (Lipinski definition) is 5. The average Bonchev–Trinajstić information content (AvgIpc) is 3.03. The van der Waals surface area contributed by atoms with Crippen LogP contribution in [0.1, 0.15) is 22.8 Å². The van der Waals surface area contributed by atoms with E-state index in [2.05, 4.69) is 26.0 Å². The largest absolute Gasteiger partial charge is 0.348 e. The Morgan fingerprint density at radius 2 is 1.52 bits per heavy atom. The SMILES string of the molecule is CCn1nc(-c2cccc(-c3cccc(C(=O)NCc4cccc(Cl)c4)c3)c2)cc(NC(=O)Nc2ccnc(Cl)c2Cl)c1=O. The number of carbonyl (C=O) groups excluding carboxylic acids is 2. The van der Waals surface area contributed by atoms with Gasteiger partial charge in [-0.25, -0.2) is 14.5 Å². The zero-order chi connectivity index (χ0) is 31.2. The number of pyridine rings is 1. The molecule has 0 saturated heterocycles. The van der Waals surface area contributed by atoms with Crippen molar-refractivity contribution in [1.82, 2.24) is 20.1 Å². The highest BCUT2D eigenvalue weighted by Crippen LogP contribution is 2.29. The minimum Gasteiger partial charge on any atom is -0.348 e. The van der Waals surface area contributed by atoms with Gasteiger partial charge in [0.25, 0.3) is 11.5 Å². The summed E-state index contributed by atoms with van der Waals surface area (Å²) in [5.41, 5.74) is 4.00. The lowest BCUT2D eigenvalue weighted by Gasteiger charge is -2.13. The number of nitrogens with one attached hydrogen (secondary N) is 3. The summed E-state index contributed by atoms with van der Waals surface area (Å²) in [6, 6.07) is 24.4. The van der Waals surface area contributed by atoms with Crippen molar-refractivity contribution in [3.8, 4) is 22.4 Å². The maximum atomic E-state index is 13.0.